The molecule has 70 valence electrons. The highest BCUT2D eigenvalue weighted by Gasteiger charge is 2.01. The standard InChI is InChI=1S/C8H17N3O/c1-3-4-6-10-11(7-5-9)8(2)12/h3,10,12H,1-2,4-7,9H2. The van der Waals surface area contributed by atoms with Crippen molar-refractivity contribution in [1.29, 1.82) is 0 Å². The van der Waals surface area contributed by atoms with Gasteiger partial charge in [-0.15, -0.1) is 6.58 Å². The number of hydrogen-bond donors (Lipinski definition) is 3. The first-order chi connectivity index (χ1) is 5.72. The molecule has 0 bridgehead atoms. The van der Waals surface area contributed by atoms with Crippen LogP contribution >= 0.6 is 0 Å². The van der Waals surface area contributed by atoms with Crippen LogP contribution in [0.1, 0.15) is 6.42 Å². The normalized spacial score (nSPS) is 9.42. The molecule has 0 heterocycles. The molecular weight excluding hydrogens is 154 g/mol. The van der Waals surface area contributed by atoms with Gasteiger partial charge >= 0.3 is 0 Å². The molecule has 0 aromatic carbocycles. The summed E-state index contributed by atoms with van der Waals surface area (Å²) in [6.45, 7) is 8.72. The number of nitrogens with two attached hydrogens (primary N) is 1. The quantitative estimate of drug-likeness (QED) is 0.224. The summed E-state index contributed by atoms with van der Waals surface area (Å²) in [7, 11) is 0. The average Bonchev–Trinajstić information content (AvgIpc) is 2.03. The van der Waals surface area contributed by atoms with E-state index in [4.69, 9.17) is 10.8 Å². The van der Waals surface area contributed by atoms with Gasteiger partial charge in [0.15, 0.2) is 5.88 Å². The van der Waals surface area contributed by atoms with E-state index in [2.05, 4.69) is 18.6 Å². The summed E-state index contributed by atoms with van der Waals surface area (Å²) in [4.78, 5) is 0. The Balaban J connectivity index is 3.63. The molecule has 4 N–H and O–H groups in total. The SMILES string of the molecule is C=CCCNN(CCN)C(=C)O. The molecule has 0 saturated carbocycles. The first-order valence-electron chi connectivity index (χ1n) is 3.92. The second-order valence-corrected chi connectivity index (χ2v) is 2.34. The molecule has 0 rings (SSSR count). The van der Waals surface area contributed by atoms with Crippen LogP contribution in [-0.2, 0) is 0 Å². The van der Waals surface area contributed by atoms with Crippen molar-refractivity contribution in [1.82, 2.24) is 10.4 Å². The van der Waals surface area contributed by atoms with Crippen LogP contribution in [0.15, 0.2) is 25.1 Å². The van der Waals surface area contributed by atoms with Crippen LogP contribution in [0.2, 0.25) is 0 Å². The Labute approximate surface area is 73.3 Å². The van der Waals surface area contributed by atoms with E-state index in [-0.39, 0.29) is 5.88 Å². The van der Waals surface area contributed by atoms with Gasteiger partial charge in [-0.05, 0) is 13.0 Å². The maximum Gasteiger partial charge on any atom is 0.193 e. The molecule has 0 unspecified atom stereocenters. The summed E-state index contributed by atoms with van der Waals surface area (Å²) in [5, 5.41) is 10.5. The zero-order valence-corrected chi connectivity index (χ0v) is 7.29. The number of nitrogens with zero attached hydrogens (tertiary/aromatic N) is 1. The second-order valence-electron chi connectivity index (χ2n) is 2.34. The van der Waals surface area contributed by atoms with Crippen LogP contribution in [-0.4, -0.2) is 29.7 Å². The van der Waals surface area contributed by atoms with E-state index in [1.54, 1.807) is 6.08 Å². The Bertz CT molecular complexity index is 147. The third kappa shape index (κ3) is 4.76. The highest BCUT2D eigenvalue weighted by atomic mass is 16.3. The smallest absolute Gasteiger partial charge is 0.193 e. The highest BCUT2D eigenvalue weighted by molar-refractivity contribution is 4.78. The Kier molecular flexibility index (Phi) is 6.14. The maximum atomic E-state index is 9.03. The Hall–Kier alpha value is -1.00. The Morgan fingerprint density at radius 3 is 2.75 bits per heavy atom. The topological polar surface area (TPSA) is 61.5 Å². The largest absolute Gasteiger partial charge is 0.494 e. The Morgan fingerprint density at radius 1 is 1.67 bits per heavy atom. The molecule has 0 fully saturated rings. The minimum absolute atomic E-state index is 0.00971. The predicted octanol–water partition coefficient (Wildman–Crippen LogP) is 0.357. The maximum absolute atomic E-state index is 9.03. The van der Waals surface area contributed by atoms with E-state index >= 15 is 0 Å². The Morgan fingerprint density at radius 2 is 2.33 bits per heavy atom. The number of hydrazine groups is 1. The van der Waals surface area contributed by atoms with Crippen molar-refractivity contribution in [2.24, 2.45) is 5.73 Å². The summed E-state index contributed by atoms with van der Waals surface area (Å²) in [6, 6.07) is 0. The molecule has 0 radical (unpaired) electrons. The van der Waals surface area contributed by atoms with Crippen LogP contribution in [0.3, 0.4) is 0 Å². The first-order valence-corrected chi connectivity index (χ1v) is 3.92. The summed E-state index contributed by atoms with van der Waals surface area (Å²) in [5.74, 6) is -0.00971. The minimum atomic E-state index is -0.00971. The van der Waals surface area contributed by atoms with Crippen molar-refractivity contribution in [3.63, 3.8) is 0 Å². The van der Waals surface area contributed by atoms with Gasteiger partial charge in [0.25, 0.3) is 0 Å². The van der Waals surface area contributed by atoms with Gasteiger partial charge in [-0.2, -0.15) is 0 Å². The highest BCUT2D eigenvalue weighted by Crippen LogP contribution is 1.91. The second kappa shape index (κ2) is 6.69. The molecule has 4 heteroatoms. The van der Waals surface area contributed by atoms with Crippen LogP contribution in [0, 0.1) is 0 Å². The lowest BCUT2D eigenvalue weighted by molar-refractivity contribution is 0.150. The lowest BCUT2D eigenvalue weighted by atomic mass is 10.4. The van der Waals surface area contributed by atoms with Crippen molar-refractivity contribution >= 4 is 0 Å². The van der Waals surface area contributed by atoms with Gasteiger partial charge in [-0.25, -0.2) is 5.43 Å². The number of rotatable bonds is 7. The molecular formula is C8H17N3O. The zero-order chi connectivity index (χ0) is 9.40. The zero-order valence-electron chi connectivity index (χ0n) is 7.29. The van der Waals surface area contributed by atoms with Crippen LogP contribution in [0.25, 0.3) is 0 Å². The molecule has 0 aromatic rings. The third-order valence-electron chi connectivity index (χ3n) is 1.32. The van der Waals surface area contributed by atoms with Gasteiger partial charge in [-0.3, -0.25) is 5.01 Å². The van der Waals surface area contributed by atoms with Crippen molar-refractivity contribution in [2.75, 3.05) is 19.6 Å². The number of hydrogen-bond acceptors (Lipinski definition) is 4. The number of aliphatic hydroxyl groups is 1. The van der Waals surface area contributed by atoms with Crippen molar-refractivity contribution in [3.8, 4) is 0 Å². The summed E-state index contributed by atoms with van der Waals surface area (Å²) >= 11 is 0. The molecule has 0 aliphatic rings. The summed E-state index contributed by atoms with van der Waals surface area (Å²) < 4.78 is 0. The van der Waals surface area contributed by atoms with Crippen LogP contribution in [0.5, 0.6) is 0 Å². The van der Waals surface area contributed by atoms with Gasteiger partial charge in [0.1, 0.15) is 0 Å². The summed E-state index contributed by atoms with van der Waals surface area (Å²) in [5.41, 5.74) is 8.27. The van der Waals surface area contributed by atoms with E-state index in [1.165, 1.54) is 5.01 Å². The van der Waals surface area contributed by atoms with E-state index < -0.39 is 0 Å². The van der Waals surface area contributed by atoms with E-state index in [0.29, 0.717) is 13.1 Å². The fourth-order valence-electron chi connectivity index (χ4n) is 0.730. The molecule has 0 atom stereocenters. The van der Waals surface area contributed by atoms with Gasteiger partial charge in [0.2, 0.25) is 0 Å². The molecule has 0 spiro atoms. The number of aliphatic hydroxyl groups excluding tert-OH is 1. The molecule has 0 aromatic heterocycles. The molecule has 0 aliphatic carbocycles. The summed E-state index contributed by atoms with van der Waals surface area (Å²) in [6.07, 6.45) is 2.64. The third-order valence-corrected chi connectivity index (χ3v) is 1.32. The fourth-order valence-corrected chi connectivity index (χ4v) is 0.730. The lowest BCUT2D eigenvalue weighted by Gasteiger charge is -2.22. The average molecular weight is 171 g/mol. The van der Waals surface area contributed by atoms with Gasteiger partial charge < -0.3 is 10.8 Å². The first kappa shape index (κ1) is 11.0. The van der Waals surface area contributed by atoms with E-state index in [1.807, 2.05) is 0 Å². The van der Waals surface area contributed by atoms with E-state index in [0.717, 1.165) is 13.0 Å². The number of nitrogens with one attached hydrogen (secondary N) is 1. The van der Waals surface area contributed by atoms with Crippen molar-refractivity contribution in [3.05, 3.63) is 25.1 Å². The molecule has 0 amide bonds. The van der Waals surface area contributed by atoms with Crippen LogP contribution in [0.4, 0.5) is 0 Å². The lowest BCUT2D eigenvalue weighted by Crippen LogP contribution is -2.40. The fraction of sp³-hybridized carbons (Fsp3) is 0.500. The molecule has 4 nitrogen and oxygen atoms in total. The molecule has 12 heavy (non-hydrogen) atoms. The molecule has 0 aliphatic heterocycles. The van der Waals surface area contributed by atoms with Gasteiger partial charge in [0.05, 0.1) is 0 Å². The van der Waals surface area contributed by atoms with Crippen molar-refractivity contribution in [2.45, 2.75) is 6.42 Å². The van der Waals surface area contributed by atoms with E-state index in [9.17, 15) is 0 Å². The monoisotopic (exact) mass is 171 g/mol. The van der Waals surface area contributed by atoms with Gasteiger partial charge in [0, 0.05) is 19.6 Å². The van der Waals surface area contributed by atoms with Crippen molar-refractivity contribution < 1.29 is 5.11 Å². The minimum Gasteiger partial charge on any atom is -0.494 e. The molecule has 0 saturated heterocycles. The van der Waals surface area contributed by atoms with Gasteiger partial charge in [-0.1, -0.05) is 6.08 Å². The predicted molar refractivity (Wildman–Crippen MR) is 50.3 cm³/mol. The van der Waals surface area contributed by atoms with Crippen LogP contribution < -0.4 is 11.2 Å².